The zero-order valence-electron chi connectivity index (χ0n) is 7.25. The molecule has 1 aromatic carbocycles. The number of hydrogen-bond acceptors (Lipinski definition) is 3. The van der Waals surface area contributed by atoms with Gasteiger partial charge >= 0.3 is 0 Å². The van der Waals surface area contributed by atoms with Crippen LogP contribution in [0.2, 0.25) is 0 Å². The van der Waals surface area contributed by atoms with Crippen LogP contribution in [0.1, 0.15) is 12.0 Å². The second-order valence-corrected chi connectivity index (χ2v) is 2.58. The summed E-state index contributed by atoms with van der Waals surface area (Å²) in [5, 5.41) is 9.44. The number of anilines is 1. The summed E-state index contributed by atoms with van der Waals surface area (Å²) in [6, 6.07) is 5.10. The van der Waals surface area contributed by atoms with Gasteiger partial charge in [0.05, 0.1) is 11.3 Å². The van der Waals surface area contributed by atoms with Crippen LogP contribution in [0.4, 0.5) is 5.69 Å². The predicted molar refractivity (Wildman–Crippen MR) is 53.1 cm³/mol. The van der Waals surface area contributed by atoms with Gasteiger partial charge in [0.1, 0.15) is 0 Å². The molecule has 1 rings (SSSR count). The molecule has 0 saturated heterocycles. The fourth-order valence-electron chi connectivity index (χ4n) is 0.892. The van der Waals surface area contributed by atoms with Crippen LogP contribution >= 0.6 is 0 Å². The van der Waals surface area contributed by atoms with Crippen LogP contribution in [-0.2, 0) is 0 Å². The molecule has 0 heterocycles. The topological polar surface area (TPSA) is 72.3 Å². The van der Waals surface area contributed by atoms with Crippen molar-refractivity contribution in [3.8, 4) is 17.6 Å². The van der Waals surface area contributed by atoms with Gasteiger partial charge in [0.15, 0.2) is 5.75 Å². The number of rotatable bonds is 1. The van der Waals surface area contributed by atoms with E-state index in [1.807, 2.05) is 0 Å². The first kappa shape index (κ1) is 9.43. The van der Waals surface area contributed by atoms with Gasteiger partial charge in [-0.3, -0.25) is 0 Å². The molecule has 0 aromatic heterocycles. The van der Waals surface area contributed by atoms with E-state index < -0.39 is 0 Å². The molecule has 3 heteroatoms. The highest BCUT2D eigenvalue weighted by molar-refractivity contribution is 5.60. The van der Waals surface area contributed by atoms with Crippen molar-refractivity contribution >= 4 is 5.69 Å². The van der Waals surface area contributed by atoms with Gasteiger partial charge in [-0.1, -0.05) is 17.9 Å². The Morgan fingerprint density at radius 1 is 1.38 bits per heavy atom. The molecule has 0 aliphatic rings. The molecule has 0 aliphatic carbocycles. The first-order chi connectivity index (χ1) is 6.25. The molecule has 68 valence electrons. The number of phenolic OH excluding ortho intramolecular Hbond substituents is 1. The maximum atomic E-state index is 9.44. The van der Waals surface area contributed by atoms with Crippen LogP contribution < -0.4 is 11.5 Å². The predicted octanol–water partition coefficient (Wildman–Crippen LogP) is 0.675. The molecule has 0 unspecified atom stereocenters. The van der Waals surface area contributed by atoms with Gasteiger partial charge in [-0.2, -0.15) is 0 Å². The van der Waals surface area contributed by atoms with Crippen LogP contribution in [0.5, 0.6) is 5.75 Å². The smallest absolute Gasteiger partial charge is 0.154 e. The van der Waals surface area contributed by atoms with E-state index in [0.29, 0.717) is 24.2 Å². The summed E-state index contributed by atoms with van der Waals surface area (Å²) in [5.74, 6) is 5.67. The third kappa shape index (κ3) is 2.39. The highest BCUT2D eigenvalue weighted by Crippen LogP contribution is 2.23. The number of nitrogens with two attached hydrogens (primary N) is 2. The lowest BCUT2D eigenvalue weighted by Crippen LogP contribution is -1.95. The fraction of sp³-hybridized carbons (Fsp3) is 0.200. The van der Waals surface area contributed by atoms with Crippen molar-refractivity contribution in [2.75, 3.05) is 12.3 Å². The van der Waals surface area contributed by atoms with E-state index in [9.17, 15) is 5.11 Å². The van der Waals surface area contributed by atoms with E-state index >= 15 is 0 Å². The zero-order chi connectivity index (χ0) is 9.68. The highest BCUT2D eigenvalue weighted by atomic mass is 16.3. The summed E-state index contributed by atoms with van der Waals surface area (Å²) >= 11 is 0. The third-order valence-electron chi connectivity index (χ3n) is 1.56. The first-order valence-electron chi connectivity index (χ1n) is 4.02. The highest BCUT2D eigenvalue weighted by Gasteiger charge is 1.99. The third-order valence-corrected chi connectivity index (χ3v) is 1.56. The maximum absolute atomic E-state index is 9.44. The molecule has 0 atom stereocenters. The van der Waals surface area contributed by atoms with E-state index in [-0.39, 0.29) is 5.75 Å². The largest absolute Gasteiger partial charge is 0.505 e. The molecule has 13 heavy (non-hydrogen) atoms. The lowest BCUT2D eigenvalue weighted by molar-refractivity contribution is 0.476. The number of aromatic hydroxyl groups is 1. The Balaban J connectivity index is 2.91. The molecule has 0 fully saturated rings. The standard InChI is InChI=1S/C10H12N2O/c11-7-2-1-4-8-5-3-6-9(12)10(8)13/h3,5-6,13H,2,7,11-12H2. The Hall–Kier alpha value is -1.66. The van der Waals surface area contributed by atoms with Gasteiger partial charge in [0, 0.05) is 13.0 Å². The molecule has 5 N–H and O–H groups in total. The van der Waals surface area contributed by atoms with Gasteiger partial charge in [-0.15, -0.1) is 0 Å². The van der Waals surface area contributed by atoms with Crippen LogP contribution in [0, 0.1) is 11.8 Å². The number of nitrogen functional groups attached to an aromatic ring is 1. The minimum atomic E-state index is 0.0482. The number of benzene rings is 1. The zero-order valence-corrected chi connectivity index (χ0v) is 7.25. The lowest BCUT2D eigenvalue weighted by atomic mass is 10.2. The van der Waals surface area contributed by atoms with E-state index in [1.54, 1.807) is 18.2 Å². The second kappa shape index (κ2) is 4.39. The summed E-state index contributed by atoms with van der Waals surface area (Å²) in [6.07, 6.45) is 0.619. The van der Waals surface area contributed by atoms with E-state index in [2.05, 4.69) is 11.8 Å². The van der Waals surface area contributed by atoms with Crippen LogP contribution in [0.15, 0.2) is 18.2 Å². The summed E-state index contributed by atoms with van der Waals surface area (Å²) in [6.45, 7) is 0.524. The molecule has 0 aliphatic heterocycles. The van der Waals surface area contributed by atoms with Crippen molar-refractivity contribution in [2.24, 2.45) is 5.73 Å². The van der Waals surface area contributed by atoms with Crippen molar-refractivity contribution < 1.29 is 5.11 Å². The minimum absolute atomic E-state index is 0.0482. The SMILES string of the molecule is NCCC#Cc1cccc(N)c1O. The van der Waals surface area contributed by atoms with E-state index in [4.69, 9.17) is 11.5 Å². The average molecular weight is 176 g/mol. The molecular formula is C10H12N2O. The monoisotopic (exact) mass is 176 g/mol. The van der Waals surface area contributed by atoms with E-state index in [0.717, 1.165) is 0 Å². The first-order valence-corrected chi connectivity index (χ1v) is 4.02. The van der Waals surface area contributed by atoms with Crippen LogP contribution in [0.3, 0.4) is 0 Å². The summed E-state index contributed by atoms with van der Waals surface area (Å²) in [4.78, 5) is 0. The molecular weight excluding hydrogens is 164 g/mol. The Labute approximate surface area is 77.4 Å². The average Bonchev–Trinajstić information content (AvgIpc) is 2.13. The van der Waals surface area contributed by atoms with Crippen LogP contribution in [0.25, 0.3) is 0 Å². The van der Waals surface area contributed by atoms with Gasteiger partial charge in [-0.25, -0.2) is 0 Å². The van der Waals surface area contributed by atoms with Gasteiger partial charge in [0.25, 0.3) is 0 Å². The van der Waals surface area contributed by atoms with Gasteiger partial charge < -0.3 is 16.6 Å². The Bertz CT molecular complexity index is 350. The van der Waals surface area contributed by atoms with Crippen molar-refractivity contribution in [1.29, 1.82) is 0 Å². The number of phenols is 1. The second-order valence-electron chi connectivity index (χ2n) is 2.58. The molecule has 0 radical (unpaired) electrons. The fourth-order valence-corrected chi connectivity index (χ4v) is 0.892. The normalized spacial score (nSPS) is 9.00. The maximum Gasteiger partial charge on any atom is 0.154 e. The molecule has 0 bridgehead atoms. The Morgan fingerprint density at radius 3 is 2.85 bits per heavy atom. The number of para-hydroxylation sites is 1. The number of hydrogen-bond donors (Lipinski definition) is 3. The molecule has 1 aromatic rings. The molecule has 3 nitrogen and oxygen atoms in total. The molecule has 0 amide bonds. The lowest BCUT2D eigenvalue weighted by Gasteiger charge is -1.99. The quantitative estimate of drug-likeness (QED) is 0.334. The van der Waals surface area contributed by atoms with Gasteiger partial charge in [-0.05, 0) is 12.1 Å². The Kier molecular flexibility index (Phi) is 3.18. The van der Waals surface area contributed by atoms with Crippen molar-refractivity contribution in [3.05, 3.63) is 23.8 Å². The molecule has 0 spiro atoms. The van der Waals surface area contributed by atoms with E-state index in [1.165, 1.54) is 0 Å². The molecule has 0 saturated carbocycles. The minimum Gasteiger partial charge on any atom is -0.505 e. The Morgan fingerprint density at radius 2 is 2.15 bits per heavy atom. The summed E-state index contributed by atoms with van der Waals surface area (Å²) in [7, 11) is 0. The van der Waals surface area contributed by atoms with Gasteiger partial charge in [0.2, 0.25) is 0 Å². The summed E-state index contributed by atoms with van der Waals surface area (Å²) < 4.78 is 0. The van der Waals surface area contributed by atoms with Crippen molar-refractivity contribution in [1.82, 2.24) is 0 Å². The van der Waals surface area contributed by atoms with Crippen LogP contribution in [-0.4, -0.2) is 11.7 Å². The summed E-state index contributed by atoms with van der Waals surface area (Å²) in [5.41, 5.74) is 11.6. The van der Waals surface area contributed by atoms with Crippen molar-refractivity contribution in [3.63, 3.8) is 0 Å². The van der Waals surface area contributed by atoms with Crippen molar-refractivity contribution in [2.45, 2.75) is 6.42 Å².